The third-order valence-electron chi connectivity index (χ3n) is 2.10. The zero-order valence-electron chi connectivity index (χ0n) is 10.8. The second-order valence-electron chi connectivity index (χ2n) is 3.76. The van der Waals surface area contributed by atoms with Crippen molar-refractivity contribution in [2.24, 2.45) is 0 Å². The molecular weight excluding hydrogens is 238 g/mol. The maximum Gasteiger partial charge on any atom is 0.242 e. The van der Waals surface area contributed by atoms with E-state index >= 15 is 0 Å². The number of carbonyl (C=O) groups is 1. The molecule has 0 bridgehead atoms. The molecule has 0 saturated heterocycles. The number of ether oxygens (including phenoxy) is 1. The first-order valence-electron chi connectivity index (χ1n) is 5.92. The third kappa shape index (κ3) is 8.88. The maximum atomic E-state index is 11.5. The van der Waals surface area contributed by atoms with Crippen molar-refractivity contribution in [1.82, 2.24) is 16.0 Å². The smallest absolute Gasteiger partial charge is 0.242 e. The molecule has 6 heteroatoms. The molecule has 100 valence electrons. The van der Waals surface area contributed by atoms with Crippen LogP contribution in [0.1, 0.15) is 26.7 Å². The Labute approximate surface area is 109 Å². The van der Waals surface area contributed by atoms with Gasteiger partial charge in [0.05, 0.1) is 0 Å². The molecule has 0 fully saturated rings. The number of hydrogen-bond donors (Lipinski definition) is 3. The summed E-state index contributed by atoms with van der Waals surface area (Å²) in [4.78, 5) is 11.5. The highest BCUT2D eigenvalue weighted by Crippen LogP contribution is 1.84. The van der Waals surface area contributed by atoms with Gasteiger partial charge in [-0.15, -0.1) is 0 Å². The molecule has 3 N–H and O–H groups in total. The van der Waals surface area contributed by atoms with Crippen LogP contribution in [0.15, 0.2) is 0 Å². The highest BCUT2D eigenvalue weighted by molar-refractivity contribution is 7.80. The Kier molecular flexibility index (Phi) is 9.75. The molecule has 0 aliphatic carbocycles. The first kappa shape index (κ1) is 16.1. The average molecular weight is 261 g/mol. The van der Waals surface area contributed by atoms with Crippen LogP contribution >= 0.6 is 12.2 Å². The summed E-state index contributed by atoms with van der Waals surface area (Å²) in [5.41, 5.74) is 0. The fourth-order valence-corrected chi connectivity index (χ4v) is 1.41. The van der Waals surface area contributed by atoms with Crippen molar-refractivity contribution in [2.45, 2.75) is 32.7 Å². The first-order valence-corrected chi connectivity index (χ1v) is 6.33. The summed E-state index contributed by atoms with van der Waals surface area (Å²) in [6, 6.07) is -0.316. The van der Waals surface area contributed by atoms with Gasteiger partial charge in [0.15, 0.2) is 5.11 Å². The fourth-order valence-electron chi connectivity index (χ4n) is 1.13. The van der Waals surface area contributed by atoms with Crippen molar-refractivity contribution in [3.05, 3.63) is 0 Å². The van der Waals surface area contributed by atoms with Crippen LogP contribution in [0.5, 0.6) is 0 Å². The highest BCUT2D eigenvalue weighted by atomic mass is 32.1. The molecular formula is C11H23N3O2S. The number of thiocarbonyl (C=S) groups is 1. The van der Waals surface area contributed by atoms with E-state index in [1.54, 1.807) is 14.0 Å². The van der Waals surface area contributed by atoms with Gasteiger partial charge in [-0.3, -0.25) is 4.79 Å². The topological polar surface area (TPSA) is 62.4 Å². The van der Waals surface area contributed by atoms with E-state index in [9.17, 15) is 4.79 Å². The number of methoxy groups -OCH3 is 1. The summed E-state index contributed by atoms with van der Waals surface area (Å²) < 4.78 is 4.92. The molecule has 1 unspecified atom stereocenters. The minimum atomic E-state index is -0.316. The Bertz CT molecular complexity index is 237. The molecule has 0 spiro atoms. The van der Waals surface area contributed by atoms with Gasteiger partial charge in [-0.2, -0.15) is 0 Å². The van der Waals surface area contributed by atoms with Gasteiger partial charge in [0.2, 0.25) is 5.91 Å². The van der Waals surface area contributed by atoms with Gasteiger partial charge in [-0.1, -0.05) is 6.92 Å². The number of hydrogen-bond acceptors (Lipinski definition) is 3. The molecule has 0 aromatic carbocycles. The second-order valence-corrected chi connectivity index (χ2v) is 4.17. The van der Waals surface area contributed by atoms with Gasteiger partial charge >= 0.3 is 0 Å². The number of nitrogens with one attached hydrogen (secondary N) is 3. The summed E-state index contributed by atoms with van der Waals surface area (Å²) in [7, 11) is 1.66. The van der Waals surface area contributed by atoms with Gasteiger partial charge in [0.25, 0.3) is 0 Å². The van der Waals surface area contributed by atoms with E-state index < -0.39 is 0 Å². The van der Waals surface area contributed by atoms with Crippen LogP contribution in [0, 0.1) is 0 Å². The van der Waals surface area contributed by atoms with Gasteiger partial charge < -0.3 is 20.7 Å². The van der Waals surface area contributed by atoms with Gasteiger partial charge in [0.1, 0.15) is 6.04 Å². The summed E-state index contributed by atoms with van der Waals surface area (Å²) >= 11 is 5.07. The minimum absolute atomic E-state index is 0.0344. The van der Waals surface area contributed by atoms with Gasteiger partial charge in [0, 0.05) is 26.8 Å². The van der Waals surface area contributed by atoms with Crippen LogP contribution in [0.2, 0.25) is 0 Å². The van der Waals surface area contributed by atoms with E-state index in [1.807, 2.05) is 6.92 Å². The predicted octanol–water partition coefficient (Wildman–Crippen LogP) is 0.402. The zero-order chi connectivity index (χ0) is 13.1. The normalized spacial score (nSPS) is 11.7. The quantitative estimate of drug-likeness (QED) is 0.436. The second kappa shape index (κ2) is 10.3. The van der Waals surface area contributed by atoms with E-state index in [0.29, 0.717) is 18.3 Å². The van der Waals surface area contributed by atoms with Crippen molar-refractivity contribution >= 4 is 23.2 Å². The Morgan fingerprint density at radius 1 is 1.35 bits per heavy atom. The standard InChI is InChI=1S/C11H23N3O2S/c1-4-6-12-10(15)9(2)14-11(17)13-7-5-8-16-3/h9H,4-8H2,1-3H3,(H,12,15)(H2,13,14,17). The number of carbonyl (C=O) groups excluding carboxylic acids is 1. The maximum absolute atomic E-state index is 11.5. The summed E-state index contributed by atoms with van der Waals surface area (Å²) in [6.07, 6.45) is 1.81. The van der Waals surface area contributed by atoms with Crippen LogP contribution in [0.3, 0.4) is 0 Å². The highest BCUT2D eigenvalue weighted by Gasteiger charge is 2.12. The number of amides is 1. The fraction of sp³-hybridized carbons (Fsp3) is 0.818. The van der Waals surface area contributed by atoms with E-state index in [1.165, 1.54) is 0 Å². The van der Waals surface area contributed by atoms with Crippen molar-refractivity contribution < 1.29 is 9.53 Å². The molecule has 0 heterocycles. The largest absolute Gasteiger partial charge is 0.385 e. The van der Waals surface area contributed by atoms with Gasteiger partial charge in [-0.05, 0) is 32.0 Å². The monoisotopic (exact) mass is 261 g/mol. The lowest BCUT2D eigenvalue weighted by molar-refractivity contribution is -0.122. The Morgan fingerprint density at radius 3 is 2.65 bits per heavy atom. The lowest BCUT2D eigenvalue weighted by Crippen LogP contribution is -2.48. The van der Waals surface area contributed by atoms with Crippen molar-refractivity contribution in [1.29, 1.82) is 0 Å². The summed E-state index contributed by atoms with van der Waals surface area (Å²) in [5, 5.41) is 9.26. The molecule has 0 radical (unpaired) electrons. The molecule has 0 rings (SSSR count). The van der Waals surface area contributed by atoms with Crippen LogP contribution in [0.25, 0.3) is 0 Å². The van der Waals surface area contributed by atoms with Crippen LogP contribution in [-0.2, 0) is 9.53 Å². The molecule has 0 saturated carbocycles. The molecule has 0 aliphatic rings. The Balaban J connectivity index is 3.67. The predicted molar refractivity (Wildman–Crippen MR) is 73.0 cm³/mol. The van der Waals surface area contributed by atoms with E-state index in [2.05, 4.69) is 16.0 Å². The van der Waals surface area contributed by atoms with Crippen LogP contribution in [-0.4, -0.2) is 43.9 Å². The molecule has 0 aliphatic heterocycles. The summed E-state index contributed by atoms with van der Waals surface area (Å²) in [6.45, 7) is 5.93. The van der Waals surface area contributed by atoms with Crippen molar-refractivity contribution in [2.75, 3.05) is 26.8 Å². The van der Waals surface area contributed by atoms with E-state index in [0.717, 1.165) is 19.4 Å². The number of rotatable bonds is 8. The van der Waals surface area contributed by atoms with Crippen LogP contribution < -0.4 is 16.0 Å². The first-order chi connectivity index (χ1) is 8.11. The van der Waals surface area contributed by atoms with Crippen molar-refractivity contribution in [3.63, 3.8) is 0 Å². The van der Waals surface area contributed by atoms with Crippen molar-refractivity contribution in [3.8, 4) is 0 Å². The lowest BCUT2D eigenvalue weighted by Gasteiger charge is -2.16. The molecule has 5 nitrogen and oxygen atoms in total. The summed E-state index contributed by atoms with van der Waals surface area (Å²) in [5.74, 6) is -0.0344. The molecule has 0 aromatic heterocycles. The molecule has 17 heavy (non-hydrogen) atoms. The van der Waals surface area contributed by atoms with E-state index in [4.69, 9.17) is 17.0 Å². The molecule has 1 amide bonds. The lowest BCUT2D eigenvalue weighted by atomic mass is 10.3. The van der Waals surface area contributed by atoms with Gasteiger partial charge in [-0.25, -0.2) is 0 Å². The SMILES string of the molecule is CCCNC(=O)C(C)NC(=S)NCCCOC. The Morgan fingerprint density at radius 2 is 2.06 bits per heavy atom. The Hall–Kier alpha value is -0.880. The average Bonchev–Trinajstić information content (AvgIpc) is 2.31. The molecule has 0 aromatic rings. The van der Waals surface area contributed by atoms with Crippen LogP contribution in [0.4, 0.5) is 0 Å². The zero-order valence-corrected chi connectivity index (χ0v) is 11.7. The minimum Gasteiger partial charge on any atom is -0.385 e. The third-order valence-corrected chi connectivity index (χ3v) is 2.36. The van der Waals surface area contributed by atoms with E-state index in [-0.39, 0.29) is 11.9 Å². The molecule has 1 atom stereocenters.